The highest BCUT2D eigenvalue weighted by atomic mass is 16.6. The second-order valence-electron chi connectivity index (χ2n) is 9.16. The maximum Gasteiger partial charge on any atom is 0.408 e. The topological polar surface area (TPSA) is 87.7 Å². The molecule has 0 radical (unpaired) electrons. The van der Waals surface area contributed by atoms with E-state index in [0.717, 1.165) is 16.7 Å². The van der Waals surface area contributed by atoms with E-state index in [0.29, 0.717) is 12.1 Å². The molecule has 0 bridgehead atoms. The SMILES string of the molecule is C=CCN(C(=O)CNC(=O)OC(C)(C)C)C(C(=O)NCc1ccccc1)c1ccc(C)cc1C. The van der Waals surface area contributed by atoms with E-state index in [-0.39, 0.29) is 19.0 Å². The van der Waals surface area contributed by atoms with Crippen LogP contribution in [-0.2, 0) is 20.9 Å². The second kappa shape index (κ2) is 12.0. The molecule has 0 spiro atoms. The van der Waals surface area contributed by atoms with Crippen molar-refractivity contribution in [2.45, 2.75) is 52.8 Å². The maximum atomic E-state index is 13.4. The summed E-state index contributed by atoms with van der Waals surface area (Å²) in [5.74, 6) is -0.742. The second-order valence-corrected chi connectivity index (χ2v) is 9.16. The molecule has 2 aromatic rings. The Hall–Kier alpha value is -3.61. The summed E-state index contributed by atoms with van der Waals surface area (Å²) in [6.45, 7) is 13.0. The number of carbonyl (C=O) groups is 3. The van der Waals surface area contributed by atoms with Gasteiger partial charge in [0.2, 0.25) is 11.8 Å². The minimum Gasteiger partial charge on any atom is -0.444 e. The number of nitrogens with one attached hydrogen (secondary N) is 2. The maximum absolute atomic E-state index is 13.4. The predicted octanol–water partition coefficient (Wildman–Crippen LogP) is 4.20. The lowest BCUT2D eigenvalue weighted by atomic mass is 9.97. The Morgan fingerprint density at radius 1 is 1.06 bits per heavy atom. The predicted molar refractivity (Wildman–Crippen MR) is 133 cm³/mol. The molecule has 0 fully saturated rings. The van der Waals surface area contributed by atoms with Crippen molar-refractivity contribution >= 4 is 17.9 Å². The van der Waals surface area contributed by atoms with Crippen LogP contribution in [0, 0.1) is 13.8 Å². The first-order chi connectivity index (χ1) is 16.0. The monoisotopic (exact) mass is 465 g/mol. The highest BCUT2D eigenvalue weighted by Crippen LogP contribution is 2.26. The first-order valence-electron chi connectivity index (χ1n) is 11.3. The fourth-order valence-corrected chi connectivity index (χ4v) is 3.52. The molecule has 182 valence electrons. The van der Waals surface area contributed by atoms with Gasteiger partial charge in [-0.3, -0.25) is 9.59 Å². The highest BCUT2D eigenvalue weighted by Gasteiger charge is 2.32. The van der Waals surface area contributed by atoms with Crippen molar-refractivity contribution < 1.29 is 19.1 Å². The number of hydrogen-bond donors (Lipinski definition) is 2. The van der Waals surface area contributed by atoms with E-state index in [4.69, 9.17) is 4.74 Å². The van der Waals surface area contributed by atoms with Gasteiger partial charge in [-0.15, -0.1) is 6.58 Å². The molecule has 0 aliphatic heterocycles. The molecule has 0 saturated heterocycles. The molecule has 2 rings (SSSR count). The molecule has 7 nitrogen and oxygen atoms in total. The van der Waals surface area contributed by atoms with Gasteiger partial charge in [0.05, 0.1) is 0 Å². The van der Waals surface area contributed by atoms with Gasteiger partial charge in [0, 0.05) is 13.1 Å². The van der Waals surface area contributed by atoms with Crippen LogP contribution in [0.25, 0.3) is 0 Å². The molecule has 7 heteroatoms. The fourth-order valence-electron chi connectivity index (χ4n) is 3.52. The first kappa shape index (κ1) is 26.6. The fraction of sp³-hybridized carbons (Fsp3) is 0.370. The van der Waals surface area contributed by atoms with Gasteiger partial charge in [-0.25, -0.2) is 4.79 Å². The Morgan fingerprint density at radius 2 is 1.74 bits per heavy atom. The normalized spacial score (nSPS) is 11.8. The molecule has 2 N–H and O–H groups in total. The van der Waals surface area contributed by atoms with Gasteiger partial charge >= 0.3 is 6.09 Å². The highest BCUT2D eigenvalue weighted by molar-refractivity contribution is 5.90. The zero-order valence-corrected chi connectivity index (χ0v) is 20.7. The van der Waals surface area contributed by atoms with Crippen LogP contribution in [0.3, 0.4) is 0 Å². The average Bonchev–Trinajstić information content (AvgIpc) is 2.76. The van der Waals surface area contributed by atoms with Crippen molar-refractivity contribution in [3.05, 3.63) is 83.4 Å². The Morgan fingerprint density at radius 3 is 2.32 bits per heavy atom. The zero-order valence-electron chi connectivity index (χ0n) is 20.7. The molecule has 34 heavy (non-hydrogen) atoms. The van der Waals surface area contributed by atoms with Crippen LogP contribution in [0.15, 0.2) is 61.2 Å². The molecule has 0 aliphatic carbocycles. The van der Waals surface area contributed by atoms with Gasteiger partial charge in [0.15, 0.2) is 0 Å². The third-order valence-electron chi connectivity index (χ3n) is 5.02. The van der Waals surface area contributed by atoms with Crippen LogP contribution in [0.1, 0.15) is 49.1 Å². The van der Waals surface area contributed by atoms with Crippen molar-refractivity contribution in [3.8, 4) is 0 Å². The van der Waals surface area contributed by atoms with Gasteiger partial charge in [0.1, 0.15) is 18.2 Å². The molecular weight excluding hydrogens is 430 g/mol. The van der Waals surface area contributed by atoms with Crippen molar-refractivity contribution in [1.29, 1.82) is 0 Å². The molecule has 3 amide bonds. The lowest BCUT2D eigenvalue weighted by Crippen LogP contribution is -2.48. The summed E-state index contributed by atoms with van der Waals surface area (Å²) in [6, 6.07) is 14.4. The standard InChI is InChI=1S/C27H35N3O4/c1-7-15-30(23(31)18-29-26(33)34-27(4,5)6)24(22-14-13-19(2)16-20(22)3)25(32)28-17-21-11-9-8-10-12-21/h7-14,16,24H,1,15,17-18H2,2-6H3,(H,28,32)(H,29,33). The molecule has 1 unspecified atom stereocenters. The number of ether oxygens (including phenoxy) is 1. The molecular formula is C27H35N3O4. The van der Waals surface area contributed by atoms with Crippen LogP contribution < -0.4 is 10.6 Å². The minimum atomic E-state index is -0.893. The van der Waals surface area contributed by atoms with Gasteiger partial charge < -0.3 is 20.3 Å². The lowest BCUT2D eigenvalue weighted by molar-refractivity contribution is -0.139. The summed E-state index contributed by atoms with van der Waals surface area (Å²) in [5.41, 5.74) is 2.92. The molecule has 2 aromatic carbocycles. The Labute approximate surface area is 202 Å². The number of alkyl carbamates (subject to hydrolysis) is 1. The Balaban J connectivity index is 2.30. The number of carbonyl (C=O) groups excluding carboxylic acids is 3. The molecule has 0 saturated carbocycles. The van der Waals surface area contributed by atoms with E-state index >= 15 is 0 Å². The van der Waals surface area contributed by atoms with E-state index in [1.165, 1.54) is 4.90 Å². The summed E-state index contributed by atoms with van der Waals surface area (Å²) in [6.07, 6.45) is 0.864. The van der Waals surface area contributed by atoms with Crippen molar-refractivity contribution in [3.63, 3.8) is 0 Å². The summed E-state index contributed by atoms with van der Waals surface area (Å²) >= 11 is 0. The number of hydrogen-bond acceptors (Lipinski definition) is 4. The Kier molecular flexibility index (Phi) is 9.42. The van der Waals surface area contributed by atoms with E-state index in [1.54, 1.807) is 26.8 Å². The zero-order chi connectivity index (χ0) is 25.3. The molecule has 0 heterocycles. The van der Waals surface area contributed by atoms with E-state index in [9.17, 15) is 14.4 Å². The lowest BCUT2D eigenvalue weighted by Gasteiger charge is -2.32. The van der Waals surface area contributed by atoms with Gasteiger partial charge in [0.25, 0.3) is 0 Å². The van der Waals surface area contributed by atoms with Crippen molar-refractivity contribution in [2.75, 3.05) is 13.1 Å². The third-order valence-corrected chi connectivity index (χ3v) is 5.02. The van der Waals surface area contributed by atoms with Crippen LogP contribution in [0.5, 0.6) is 0 Å². The third kappa shape index (κ3) is 8.06. The van der Waals surface area contributed by atoms with Gasteiger partial charge in [-0.05, 0) is 51.3 Å². The number of rotatable bonds is 9. The Bertz CT molecular complexity index is 1010. The number of nitrogens with zero attached hydrogens (tertiary/aromatic N) is 1. The summed E-state index contributed by atoms with van der Waals surface area (Å²) in [5, 5.41) is 5.44. The number of aryl methyl sites for hydroxylation is 2. The van der Waals surface area contributed by atoms with Crippen molar-refractivity contribution in [2.24, 2.45) is 0 Å². The number of amides is 3. The van der Waals surface area contributed by atoms with E-state index in [2.05, 4.69) is 17.2 Å². The molecule has 0 aromatic heterocycles. The van der Waals surface area contributed by atoms with Gasteiger partial charge in [-0.1, -0.05) is 60.2 Å². The summed E-state index contributed by atoms with van der Waals surface area (Å²) in [4.78, 5) is 40.1. The first-order valence-corrected chi connectivity index (χ1v) is 11.3. The van der Waals surface area contributed by atoms with E-state index in [1.807, 2.05) is 62.4 Å². The van der Waals surface area contributed by atoms with E-state index < -0.39 is 23.6 Å². The van der Waals surface area contributed by atoms with Crippen molar-refractivity contribution in [1.82, 2.24) is 15.5 Å². The van der Waals surface area contributed by atoms with Crippen LogP contribution in [-0.4, -0.2) is 41.5 Å². The quantitative estimate of drug-likeness (QED) is 0.544. The van der Waals surface area contributed by atoms with Crippen LogP contribution in [0.2, 0.25) is 0 Å². The smallest absolute Gasteiger partial charge is 0.408 e. The summed E-state index contributed by atoms with van der Waals surface area (Å²) < 4.78 is 5.22. The van der Waals surface area contributed by atoms with Crippen LogP contribution in [0.4, 0.5) is 4.79 Å². The average molecular weight is 466 g/mol. The van der Waals surface area contributed by atoms with Crippen LogP contribution >= 0.6 is 0 Å². The minimum absolute atomic E-state index is 0.131. The molecule has 1 atom stereocenters. The largest absolute Gasteiger partial charge is 0.444 e. The molecule has 0 aliphatic rings. The summed E-state index contributed by atoms with van der Waals surface area (Å²) in [7, 11) is 0. The van der Waals surface area contributed by atoms with Gasteiger partial charge in [-0.2, -0.15) is 0 Å². The number of benzene rings is 2.